The molecule has 0 unspecified atom stereocenters. The molecular weight excluding hydrogens is 966 g/mol. The molecule has 10 radical (unpaired) electrons. The monoisotopic (exact) mass is 981 g/mol. The van der Waals surface area contributed by atoms with Gasteiger partial charge in [-0.25, -0.2) is 0 Å². The van der Waals surface area contributed by atoms with E-state index in [1.807, 2.05) is 44.2 Å². The fourth-order valence-electron chi connectivity index (χ4n) is 2.89. The zero-order valence-electron chi connectivity index (χ0n) is 19.8. The molecule has 4 aromatic rings. The Balaban J connectivity index is -0.000000180. The predicted molar refractivity (Wildman–Crippen MR) is 98.3 cm³/mol. The molecule has 3 heterocycles. The average Bonchev–Trinajstić information content (AvgIpc) is 3.29. The first-order valence-corrected chi connectivity index (χ1v) is 8.54. The second-order valence-electron chi connectivity index (χ2n) is 6.02. The van der Waals surface area contributed by atoms with Gasteiger partial charge in [-0.2, -0.15) is 0 Å². The number of nitrogens with zero attached hydrogens (tertiary/aromatic N) is 6. The zero-order valence-corrected chi connectivity index (χ0v) is 38.0. The summed E-state index contributed by atoms with van der Waals surface area (Å²) in [7, 11) is 0. The van der Waals surface area contributed by atoms with Crippen molar-refractivity contribution in [1.82, 2.24) is 29.7 Å². The normalized spacial score (nSPS) is 8.05. The van der Waals surface area contributed by atoms with Crippen molar-refractivity contribution >= 4 is 22.9 Å². The Bertz CT molecular complexity index is 1140. The van der Waals surface area contributed by atoms with Crippen molar-refractivity contribution in [2.45, 2.75) is 26.7 Å². The van der Waals surface area contributed by atoms with Crippen molar-refractivity contribution in [3.8, 4) is 5.95 Å². The third-order valence-electron chi connectivity index (χ3n) is 4.20. The molecule has 0 fully saturated rings. The Labute approximate surface area is 375 Å². The van der Waals surface area contributed by atoms with E-state index >= 15 is 0 Å². The van der Waals surface area contributed by atoms with Gasteiger partial charge in [0.25, 0.3) is 0 Å². The summed E-state index contributed by atoms with van der Waals surface area (Å²) in [6.07, 6.45) is 6.39. The van der Waals surface area contributed by atoms with Crippen LogP contribution in [0.4, 0.5) is 5.95 Å². The van der Waals surface area contributed by atoms with Crippen molar-refractivity contribution in [2.24, 2.45) is 0 Å². The number of aryl methyl sites for hydroxylation is 2. The molecule has 1 amide bonds. The van der Waals surface area contributed by atoms with Crippen LogP contribution in [0.15, 0.2) is 30.3 Å². The molecule has 0 atom stereocenters. The zero-order chi connectivity index (χ0) is 18.8. The number of amides is 1. The molecule has 4 rings (SSSR count). The number of carbonyl (C=O) groups excluding carboxylic acids is 1. The molecule has 8 nitrogen and oxygen atoms in total. The van der Waals surface area contributed by atoms with Gasteiger partial charge in [0, 0.05) is 240 Å². The number of anilines is 1. The number of rotatable bonds is 5. The number of aromatic nitrogens is 6. The molecule has 37 heavy (non-hydrogen) atoms. The number of benzene rings is 1. The fourth-order valence-corrected chi connectivity index (χ4v) is 2.89. The summed E-state index contributed by atoms with van der Waals surface area (Å²) in [4.78, 5) is 29.5. The topological polar surface area (TPSA) is 99.7 Å². The summed E-state index contributed by atoms with van der Waals surface area (Å²) in [6.45, 7) is 3.96. The number of imidazole rings is 1. The van der Waals surface area contributed by atoms with Gasteiger partial charge in [0.2, 0.25) is 5.91 Å². The Morgan fingerprint density at radius 3 is 2.14 bits per heavy atom. The van der Waals surface area contributed by atoms with Crippen molar-refractivity contribution in [2.75, 3.05) is 5.32 Å². The molecule has 0 aliphatic carbocycles. The van der Waals surface area contributed by atoms with Gasteiger partial charge in [0.1, 0.15) is 0 Å². The molecule has 0 bridgehead atoms. The largest absolute Gasteiger partial charge is 0.425 e. The van der Waals surface area contributed by atoms with Crippen LogP contribution in [0.2, 0.25) is 0 Å². The minimum absolute atomic E-state index is 0. The number of pyridine rings is 1. The molecule has 0 aliphatic heterocycles. The molecule has 3 aromatic heterocycles. The van der Waals surface area contributed by atoms with E-state index in [1.165, 1.54) is 4.68 Å². The molecule has 0 aliphatic rings. The maximum Gasteiger partial charge on any atom is 0.214 e. The Hall–Kier alpha value is 3.85. The fraction of sp³-hybridized carbons (Fsp3) is 0.211. The first kappa shape index (κ1) is 56.6. The van der Waals surface area contributed by atoms with Crippen LogP contribution < -0.4 is 10.3 Å². The molecule has 0 saturated heterocycles. The molecular formula is C19H16N7OV7Y3-3. The van der Waals surface area contributed by atoms with Gasteiger partial charge < -0.3 is 35.0 Å². The van der Waals surface area contributed by atoms with E-state index < -0.39 is 0 Å². The average molecular weight is 982 g/mol. The Morgan fingerprint density at radius 1 is 0.973 bits per heavy atom. The summed E-state index contributed by atoms with van der Waals surface area (Å²) in [6, 6.07) is 9.46. The smallest absolute Gasteiger partial charge is 0.214 e. The number of carbonyl (C=O) groups is 1. The summed E-state index contributed by atoms with van der Waals surface area (Å²) < 4.78 is 1.35. The predicted octanol–water partition coefficient (Wildman–Crippen LogP) is 1.80. The third kappa shape index (κ3) is 15.4. The van der Waals surface area contributed by atoms with E-state index in [-0.39, 0.29) is 246 Å². The van der Waals surface area contributed by atoms with E-state index in [0.29, 0.717) is 11.5 Å². The van der Waals surface area contributed by atoms with E-state index in [2.05, 4.69) is 42.9 Å². The van der Waals surface area contributed by atoms with E-state index in [0.717, 1.165) is 28.8 Å². The molecule has 1 aromatic carbocycles. The number of nitrogens with one attached hydrogen (secondary N) is 1. The third-order valence-corrected chi connectivity index (χ3v) is 4.20. The summed E-state index contributed by atoms with van der Waals surface area (Å²) in [5.41, 5.74) is 4.09. The van der Waals surface area contributed by atoms with Crippen LogP contribution in [0.3, 0.4) is 0 Å². The minimum atomic E-state index is -0.210. The van der Waals surface area contributed by atoms with Crippen molar-refractivity contribution < 1.29 is 233 Å². The minimum Gasteiger partial charge on any atom is -0.425 e. The second-order valence-corrected chi connectivity index (χ2v) is 6.02. The Kier molecular flexibility index (Phi) is 43.8. The van der Waals surface area contributed by atoms with Gasteiger partial charge in [0.15, 0.2) is 0 Å². The first-order chi connectivity index (χ1) is 13.2. The number of hydrogen-bond acceptors (Lipinski definition) is 5. The van der Waals surface area contributed by atoms with Crippen LogP contribution in [0.25, 0.3) is 17.0 Å². The van der Waals surface area contributed by atoms with Crippen LogP contribution in [-0.2, 0) is 246 Å². The first-order valence-electron chi connectivity index (χ1n) is 8.54. The molecule has 0 saturated carbocycles. The molecule has 180 valence electrons. The maximum absolute atomic E-state index is 12.3. The van der Waals surface area contributed by atoms with Gasteiger partial charge >= 0.3 is 0 Å². The van der Waals surface area contributed by atoms with Crippen LogP contribution >= 0.6 is 0 Å². The van der Waals surface area contributed by atoms with Gasteiger partial charge in [-0.1, -0.05) is 68.0 Å². The standard InChI is InChI=1S/C19H17N7O.7V.3Y/c1-3-14-12(2)20-10-15-17(14)25-19(23-15)26-18(21-11-22-26)24-16(27)9-13-7-5-4-6-8-13;;;;;;;;;;/h4-8H,3,9H2,1-2H3,(H2,20,21,22,23,24,25,27);;;;;;;;;;/q-2;;;;;;;;;;/p-1. The van der Waals surface area contributed by atoms with Crippen molar-refractivity contribution in [3.63, 3.8) is 0 Å². The van der Waals surface area contributed by atoms with Gasteiger partial charge in [-0.05, 0) is 11.9 Å². The van der Waals surface area contributed by atoms with E-state index in [9.17, 15) is 4.79 Å². The summed E-state index contributed by atoms with van der Waals surface area (Å²) in [5.74, 6) is 0.305. The van der Waals surface area contributed by atoms with Crippen molar-refractivity contribution in [1.29, 1.82) is 0 Å². The maximum atomic E-state index is 12.3. The van der Waals surface area contributed by atoms with E-state index in [1.54, 1.807) is 0 Å². The van der Waals surface area contributed by atoms with Crippen molar-refractivity contribution in [3.05, 3.63) is 59.7 Å². The van der Waals surface area contributed by atoms with Gasteiger partial charge in [-0.3, -0.25) is 4.79 Å². The quantitative estimate of drug-likeness (QED) is 0.307. The van der Waals surface area contributed by atoms with Crippen LogP contribution in [0.5, 0.6) is 0 Å². The molecule has 0 spiro atoms. The SMILES string of the molecule is CCc1c(C)n[c-]c2nc(-n3n[c-]nc3NC(=O)Cc3ccccc3)[n-]c12.[V].[V].[V].[V].[V].[V].[V].[Y].[Y].[Y]. The van der Waals surface area contributed by atoms with Crippen LogP contribution in [-0.4, -0.2) is 30.6 Å². The molecule has 1 N–H and O–H groups in total. The van der Waals surface area contributed by atoms with Crippen LogP contribution in [0, 0.1) is 19.4 Å². The van der Waals surface area contributed by atoms with Crippen LogP contribution in [0.1, 0.15) is 23.7 Å². The number of hydrogen-bond donors (Lipinski definition) is 1. The second kappa shape index (κ2) is 28.6. The van der Waals surface area contributed by atoms with Gasteiger partial charge in [-0.15, -0.1) is 11.1 Å². The van der Waals surface area contributed by atoms with E-state index in [4.69, 9.17) is 0 Å². The Morgan fingerprint density at radius 2 is 1.57 bits per heavy atom. The van der Waals surface area contributed by atoms with Gasteiger partial charge in [0.05, 0.1) is 6.42 Å². The summed E-state index contributed by atoms with van der Waals surface area (Å²) in [5, 5.41) is 6.76. The summed E-state index contributed by atoms with van der Waals surface area (Å²) >= 11 is 0. The number of fused-ring (bicyclic) bond motifs is 1. The molecule has 18 heteroatoms.